The lowest BCUT2D eigenvalue weighted by molar-refractivity contribution is -0.121. The second-order valence-electron chi connectivity index (χ2n) is 7.64. The first-order valence-corrected chi connectivity index (χ1v) is 9.37. The van der Waals surface area contributed by atoms with Crippen molar-refractivity contribution in [3.05, 3.63) is 28.8 Å². The minimum Gasteiger partial charge on any atom is -0.478 e. The standard InChI is InChI=1S/C20H29N3O4/c1-12(2)10-21-20(27)23-7-5-6-15(11-23)18(24)22-17-9-16(19(25)26)13(3)8-14(17)4/h8-9,12,15H,5-7,10-11H2,1-4H3,(H,21,27)(H,22,24)(H,25,26). The highest BCUT2D eigenvalue weighted by Gasteiger charge is 2.29. The van der Waals surface area contributed by atoms with E-state index < -0.39 is 5.97 Å². The van der Waals surface area contributed by atoms with Crippen LogP contribution in [-0.2, 0) is 4.79 Å². The number of hydrogen-bond acceptors (Lipinski definition) is 3. The summed E-state index contributed by atoms with van der Waals surface area (Å²) in [4.78, 5) is 38.0. The number of carbonyl (C=O) groups is 3. The fourth-order valence-corrected chi connectivity index (χ4v) is 3.23. The molecule has 148 valence electrons. The van der Waals surface area contributed by atoms with Crippen molar-refractivity contribution in [2.75, 3.05) is 25.0 Å². The molecule has 0 bridgehead atoms. The van der Waals surface area contributed by atoms with Gasteiger partial charge >= 0.3 is 12.0 Å². The van der Waals surface area contributed by atoms with Crippen molar-refractivity contribution in [3.63, 3.8) is 0 Å². The van der Waals surface area contributed by atoms with Gasteiger partial charge in [-0.25, -0.2) is 9.59 Å². The molecular weight excluding hydrogens is 346 g/mol. The maximum atomic E-state index is 12.7. The van der Waals surface area contributed by atoms with Gasteiger partial charge in [-0.1, -0.05) is 19.9 Å². The number of anilines is 1. The van der Waals surface area contributed by atoms with Crippen LogP contribution in [0.4, 0.5) is 10.5 Å². The second kappa shape index (κ2) is 8.88. The molecule has 1 saturated heterocycles. The van der Waals surface area contributed by atoms with Crippen molar-refractivity contribution in [1.29, 1.82) is 0 Å². The molecular formula is C20H29N3O4. The van der Waals surface area contributed by atoms with E-state index in [4.69, 9.17) is 0 Å². The monoisotopic (exact) mass is 375 g/mol. The molecule has 7 heteroatoms. The van der Waals surface area contributed by atoms with E-state index >= 15 is 0 Å². The largest absolute Gasteiger partial charge is 0.478 e. The lowest BCUT2D eigenvalue weighted by Crippen LogP contribution is -2.48. The Labute approximate surface area is 160 Å². The Balaban J connectivity index is 2.04. The highest BCUT2D eigenvalue weighted by atomic mass is 16.4. The van der Waals surface area contributed by atoms with Crippen LogP contribution in [0.15, 0.2) is 12.1 Å². The number of amides is 3. The third-order valence-corrected chi connectivity index (χ3v) is 4.80. The Hall–Kier alpha value is -2.57. The van der Waals surface area contributed by atoms with Crippen molar-refractivity contribution < 1.29 is 19.5 Å². The summed E-state index contributed by atoms with van der Waals surface area (Å²) in [5.74, 6) is -1.14. The molecule has 0 spiro atoms. The topological polar surface area (TPSA) is 98.7 Å². The van der Waals surface area contributed by atoms with Crippen molar-refractivity contribution in [3.8, 4) is 0 Å². The summed E-state index contributed by atoms with van der Waals surface area (Å²) >= 11 is 0. The lowest BCUT2D eigenvalue weighted by Gasteiger charge is -2.32. The van der Waals surface area contributed by atoms with E-state index in [2.05, 4.69) is 10.6 Å². The molecule has 0 radical (unpaired) electrons. The fraction of sp³-hybridized carbons (Fsp3) is 0.550. The first-order valence-electron chi connectivity index (χ1n) is 9.37. The van der Waals surface area contributed by atoms with Crippen LogP contribution >= 0.6 is 0 Å². The van der Waals surface area contributed by atoms with Gasteiger partial charge in [0.1, 0.15) is 0 Å². The van der Waals surface area contributed by atoms with Crippen LogP contribution < -0.4 is 10.6 Å². The van der Waals surface area contributed by atoms with Gasteiger partial charge in [-0.15, -0.1) is 0 Å². The number of nitrogens with zero attached hydrogens (tertiary/aromatic N) is 1. The predicted octanol–water partition coefficient (Wildman–Crippen LogP) is 3.02. The van der Waals surface area contributed by atoms with E-state index in [1.807, 2.05) is 20.8 Å². The first kappa shape index (κ1) is 20.7. The Kier molecular flexibility index (Phi) is 6.82. The molecule has 0 saturated carbocycles. The number of aromatic carboxylic acids is 1. The molecule has 1 aliphatic heterocycles. The summed E-state index contributed by atoms with van der Waals surface area (Å²) in [6.45, 7) is 9.24. The Morgan fingerprint density at radius 1 is 1.22 bits per heavy atom. The number of likely N-dealkylation sites (tertiary alicyclic amines) is 1. The van der Waals surface area contributed by atoms with Gasteiger partial charge in [0.25, 0.3) is 0 Å². The summed E-state index contributed by atoms with van der Waals surface area (Å²) < 4.78 is 0. The Morgan fingerprint density at radius 2 is 1.93 bits per heavy atom. The number of rotatable bonds is 5. The highest BCUT2D eigenvalue weighted by molar-refractivity contribution is 5.96. The van der Waals surface area contributed by atoms with Gasteiger partial charge in [-0.2, -0.15) is 0 Å². The van der Waals surface area contributed by atoms with Crippen molar-refractivity contribution in [1.82, 2.24) is 10.2 Å². The van der Waals surface area contributed by atoms with Crippen LogP contribution in [0.2, 0.25) is 0 Å². The molecule has 1 fully saturated rings. The molecule has 1 aliphatic rings. The third kappa shape index (κ3) is 5.45. The number of hydrogen-bond donors (Lipinski definition) is 3. The summed E-state index contributed by atoms with van der Waals surface area (Å²) in [7, 11) is 0. The molecule has 1 heterocycles. The van der Waals surface area contributed by atoms with Crippen molar-refractivity contribution in [2.45, 2.75) is 40.5 Å². The van der Waals surface area contributed by atoms with E-state index in [-0.39, 0.29) is 23.4 Å². The van der Waals surface area contributed by atoms with Gasteiger partial charge in [0.05, 0.1) is 11.5 Å². The van der Waals surface area contributed by atoms with Crippen LogP contribution in [0, 0.1) is 25.7 Å². The number of carboxylic acids is 1. The molecule has 3 N–H and O–H groups in total. The molecule has 0 aromatic heterocycles. The van der Waals surface area contributed by atoms with E-state index in [0.717, 1.165) is 12.0 Å². The Morgan fingerprint density at radius 3 is 2.56 bits per heavy atom. The second-order valence-corrected chi connectivity index (χ2v) is 7.64. The number of piperidine rings is 1. The Bertz CT molecular complexity index is 730. The number of carboxylic acid groups (broad SMARTS) is 1. The fourth-order valence-electron chi connectivity index (χ4n) is 3.23. The average Bonchev–Trinajstić information content (AvgIpc) is 2.61. The molecule has 2 rings (SSSR count). The van der Waals surface area contributed by atoms with E-state index in [1.54, 1.807) is 17.9 Å². The minimum absolute atomic E-state index is 0.138. The zero-order valence-electron chi connectivity index (χ0n) is 16.5. The van der Waals surface area contributed by atoms with Crippen molar-refractivity contribution in [2.24, 2.45) is 11.8 Å². The average molecular weight is 375 g/mol. The summed E-state index contributed by atoms with van der Waals surface area (Å²) in [6.07, 6.45) is 1.47. The van der Waals surface area contributed by atoms with Gasteiger partial charge in [0.2, 0.25) is 5.91 Å². The van der Waals surface area contributed by atoms with Gasteiger partial charge in [-0.3, -0.25) is 4.79 Å². The maximum absolute atomic E-state index is 12.7. The van der Waals surface area contributed by atoms with Crippen LogP contribution in [-0.4, -0.2) is 47.5 Å². The third-order valence-electron chi connectivity index (χ3n) is 4.80. The number of carbonyl (C=O) groups excluding carboxylic acids is 2. The first-order chi connectivity index (χ1) is 12.7. The van der Waals surface area contributed by atoms with E-state index in [0.29, 0.717) is 43.2 Å². The molecule has 27 heavy (non-hydrogen) atoms. The van der Waals surface area contributed by atoms with Gasteiger partial charge in [0, 0.05) is 25.3 Å². The molecule has 7 nitrogen and oxygen atoms in total. The van der Waals surface area contributed by atoms with Crippen LogP contribution in [0.1, 0.15) is 48.2 Å². The van der Waals surface area contributed by atoms with Gasteiger partial charge in [0.15, 0.2) is 0 Å². The number of nitrogens with one attached hydrogen (secondary N) is 2. The SMILES string of the molecule is Cc1cc(C)c(C(=O)O)cc1NC(=O)C1CCCN(C(=O)NCC(C)C)C1. The molecule has 1 unspecified atom stereocenters. The van der Waals surface area contributed by atoms with Gasteiger partial charge < -0.3 is 20.6 Å². The smallest absolute Gasteiger partial charge is 0.336 e. The summed E-state index contributed by atoms with van der Waals surface area (Å²) in [5.41, 5.74) is 2.15. The predicted molar refractivity (Wildman–Crippen MR) is 104 cm³/mol. The quantitative estimate of drug-likeness (QED) is 0.737. The number of benzene rings is 1. The maximum Gasteiger partial charge on any atom is 0.336 e. The zero-order valence-corrected chi connectivity index (χ0v) is 16.5. The van der Waals surface area contributed by atoms with Gasteiger partial charge in [-0.05, 0) is 49.8 Å². The number of urea groups is 1. The zero-order chi connectivity index (χ0) is 20.1. The summed E-state index contributed by atoms with van der Waals surface area (Å²) in [6, 6.07) is 3.12. The molecule has 1 aromatic carbocycles. The van der Waals surface area contributed by atoms with Crippen molar-refractivity contribution >= 4 is 23.6 Å². The molecule has 3 amide bonds. The normalized spacial score (nSPS) is 16.9. The van der Waals surface area contributed by atoms with Crippen LogP contribution in [0.3, 0.4) is 0 Å². The molecule has 0 aliphatic carbocycles. The number of aryl methyl sites for hydroxylation is 2. The van der Waals surface area contributed by atoms with Crippen LogP contribution in [0.5, 0.6) is 0 Å². The minimum atomic E-state index is -1.02. The molecule has 1 atom stereocenters. The lowest BCUT2D eigenvalue weighted by atomic mass is 9.96. The molecule has 1 aromatic rings. The van der Waals surface area contributed by atoms with E-state index in [9.17, 15) is 19.5 Å². The highest BCUT2D eigenvalue weighted by Crippen LogP contribution is 2.23. The van der Waals surface area contributed by atoms with Crippen LogP contribution in [0.25, 0.3) is 0 Å². The van der Waals surface area contributed by atoms with E-state index in [1.165, 1.54) is 6.07 Å². The summed E-state index contributed by atoms with van der Waals surface area (Å²) in [5, 5.41) is 15.0.